The Hall–Kier alpha value is -3.26. The molecule has 3 N–H and O–H groups in total. The summed E-state index contributed by atoms with van der Waals surface area (Å²) in [5.74, 6) is -0.388. The molecule has 2 aromatic carbocycles. The normalized spacial score (nSPS) is 12.3. The summed E-state index contributed by atoms with van der Waals surface area (Å²) in [6.45, 7) is 3.41. The van der Waals surface area contributed by atoms with Crippen LogP contribution in [0.5, 0.6) is 5.75 Å². The third-order valence-electron chi connectivity index (χ3n) is 4.32. The van der Waals surface area contributed by atoms with Gasteiger partial charge in [0.05, 0.1) is 13.7 Å². The summed E-state index contributed by atoms with van der Waals surface area (Å²) < 4.78 is 10.1. The molecule has 2 rings (SSSR count). The van der Waals surface area contributed by atoms with Gasteiger partial charge in [0.15, 0.2) is 0 Å². The van der Waals surface area contributed by atoms with Gasteiger partial charge in [0.1, 0.15) is 17.8 Å². The number of rotatable bonds is 9. The molecule has 2 atom stereocenters. The molecule has 0 saturated heterocycles. The smallest absolute Gasteiger partial charge is 0.328 e. The van der Waals surface area contributed by atoms with E-state index in [9.17, 15) is 14.4 Å². The van der Waals surface area contributed by atoms with Crippen molar-refractivity contribution >= 4 is 35.2 Å². The number of benzene rings is 2. The second-order valence-corrected chi connectivity index (χ2v) is 7.13. The highest BCUT2D eigenvalue weighted by atomic mass is 35.5. The first-order valence-electron chi connectivity index (χ1n) is 9.75. The Morgan fingerprint density at radius 1 is 1.00 bits per heavy atom. The van der Waals surface area contributed by atoms with Gasteiger partial charge in [-0.3, -0.25) is 4.79 Å². The lowest BCUT2D eigenvalue weighted by atomic mass is 10.0. The number of amides is 3. The maximum Gasteiger partial charge on any atom is 0.328 e. The first-order valence-corrected chi connectivity index (χ1v) is 10.1. The van der Waals surface area contributed by atoms with Crippen LogP contribution in [0.1, 0.15) is 19.4 Å². The van der Waals surface area contributed by atoms with Gasteiger partial charge in [-0.1, -0.05) is 23.7 Å². The van der Waals surface area contributed by atoms with E-state index >= 15 is 0 Å². The zero-order valence-electron chi connectivity index (χ0n) is 17.6. The molecule has 9 heteroatoms. The molecule has 166 valence electrons. The molecular weight excluding hydrogens is 422 g/mol. The van der Waals surface area contributed by atoms with Crippen LogP contribution >= 0.6 is 11.6 Å². The lowest BCUT2D eigenvalue weighted by Gasteiger charge is -2.21. The Morgan fingerprint density at radius 2 is 1.65 bits per heavy atom. The number of nitrogens with one attached hydrogen (secondary N) is 3. The van der Waals surface area contributed by atoms with Gasteiger partial charge in [-0.15, -0.1) is 0 Å². The highest BCUT2D eigenvalue weighted by Gasteiger charge is 2.25. The van der Waals surface area contributed by atoms with Gasteiger partial charge in [-0.25, -0.2) is 9.59 Å². The Morgan fingerprint density at radius 3 is 2.23 bits per heavy atom. The van der Waals surface area contributed by atoms with Crippen LogP contribution in [0.2, 0.25) is 5.02 Å². The van der Waals surface area contributed by atoms with Crippen LogP contribution in [0.25, 0.3) is 0 Å². The molecule has 2 unspecified atom stereocenters. The maximum atomic E-state index is 12.8. The predicted molar refractivity (Wildman–Crippen MR) is 118 cm³/mol. The van der Waals surface area contributed by atoms with E-state index in [2.05, 4.69) is 16.0 Å². The van der Waals surface area contributed by atoms with Crippen molar-refractivity contribution in [1.82, 2.24) is 10.6 Å². The third kappa shape index (κ3) is 7.82. The molecule has 0 bridgehead atoms. The number of esters is 1. The monoisotopic (exact) mass is 447 g/mol. The molecule has 0 heterocycles. The average molecular weight is 448 g/mol. The Bertz CT molecular complexity index is 887. The lowest BCUT2D eigenvalue weighted by Crippen LogP contribution is -2.52. The molecule has 0 saturated carbocycles. The quantitative estimate of drug-likeness (QED) is 0.512. The predicted octanol–water partition coefficient (Wildman–Crippen LogP) is 3.15. The molecule has 3 amide bonds. The fourth-order valence-corrected chi connectivity index (χ4v) is 2.83. The first-order chi connectivity index (χ1) is 14.8. The van der Waals surface area contributed by atoms with Crippen molar-refractivity contribution in [2.45, 2.75) is 32.4 Å². The van der Waals surface area contributed by atoms with E-state index in [4.69, 9.17) is 21.1 Å². The van der Waals surface area contributed by atoms with Crippen LogP contribution in [-0.4, -0.2) is 43.7 Å². The van der Waals surface area contributed by atoms with Crippen molar-refractivity contribution in [2.24, 2.45) is 0 Å². The van der Waals surface area contributed by atoms with Crippen LogP contribution in [0.3, 0.4) is 0 Å². The number of anilines is 1. The Kier molecular flexibility index (Phi) is 9.14. The summed E-state index contributed by atoms with van der Waals surface area (Å²) in [7, 11) is 1.56. The second kappa shape index (κ2) is 11.8. The molecule has 0 aliphatic rings. The molecule has 2 aromatic rings. The third-order valence-corrected chi connectivity index (χ3v) is 4.57. The van der Waals surface area contributed by atoms with E-state index in [0.717, 1.165) is 5.56 Å². The van der Waals surface area contributed by atoms with Crippen molar-refractivity contribution in [3.05, 3.63) is 59.1 Å². The van der Waals surface area contributed by atoms with Gasteiger partial charge in [0.25, 0.3) is 0 Å². The zero-order chi connectivity index (χ0) is 22.8. The number of halogens is 1. The summed E-state index contributed by atoms with van der Waals surface area (Å²) in [4.78, 5) is 37.2. The van der Waals surface area contributed by atoms with E-state index in [1.54, 1.807) is 62.6 Å². The van der Waals surface area contributed by atoms with E-state index in [1.807, 2.05) is 0 Å². The number of carbonyl (C=O) groups excluding carboxylic acids is 3. The van der Waals surface area contributed by atoms with Gasteiger partial charge < -0.3 is 25.4 Å². The minimum atomic E-state index is -0.933. The van der Waals surface area contributed by atoms with Crippen LogP contribution in [0.15, 0.2) is 48.5 Å². The molecule has 0 fully saturated rings. The van der Waals surface area contributed by atoms with Gasteiger partial charge in [-0.2, -0.15) is 0 Å². The summed E-state index contributed by atoms with van der Waals surface area (Å²) >= 11 is 5.85. The molecule has 0 spiro atoms. The SMILES string of the molecule is CCOC(=O)C(C)NC(=O)C(Cc1ccc(OC)cc1)NC(=O)Nc1ccc(Cl)cc1. The van der Waals surface area contributed by atoms with Crippen LogP contribution in [-0.2, 0) is 20.7 Å². The van der Waals surface area contributed by atoms with Crippen LogP contribution in [0, 0.1) is 0 Å². The summed E-state index contributed by atoms with van der Waals surface area (Å²) in [6, 6.07) is 11.3. The number of carbonyl (C=O) groups is 3. The summed E-state index contributed by atoms with van der Waals surface area (Å²) in [5, 5.41) is 8.43. The minimum absolute atomic E-state index is 0.204. The first kappa shape index (κ1) is 24.0. The topological polar surface area (TPSA) is 106 Å². The van der Waals surface area contributed by atoms with Gasteiger partial charge in [0.2, 0.25) is 5.91 Å². The Balaban J connectivity index is 2.11. The van der Waals surface area contributed by atoms with Crippen molar-refractivity contribution in [1.29, 1.82) is 0 Å². The number of hydrogen-bond donors (Lipinski definition) is 3. The Labute approximate surface area is 186 Å². The molecule has 0 aliphatic carbocycles. The molecule has 0 radical (unpaired) electrons. The van der Waals surface area contributed by atoms with Crippen LogP contribution in [0.4, 0.5) is 10.5 Å². The molecule has 8 nitrogen and oxygen atoms in total. The number of hydrogen-bond acceptors (Lipinski definition) is 5. The maximum absolute atomic E-state index is 12.8. The molecule has 31 heavy (non-hydrogen) atoms. The van der Waals surface area contributed by atoms with Gasteiger partial charge in [0, 0.05) is 17.1 Å². The summed E-state index contributed by atoms with van der Waals surface area (Å²) in [6.07, 6.45) is 0.208. The summed E-state index contributed by atoms with van der Waals surface area (Å²) in [5.41, 5.74) is 1.32. The number of urea groups is 1. The molecular formula is C22H26ClN3O5. The standard InChI is InChI=1S/C22H26ClN3O5/c1-4-31-21(28)14(2)24-20(27)19(13-15-5-11-18(30-3)12-6-15)26-22(29)25-17-9-7-16(23)8-10-17/h5-12,14,19H,4,13H2,1-3H3,(H,24,27)(H2,25,26,29). The largest absolute Gasteiger partial charge is 0.497 e. The fourth-order valence-electron chi connectivity index (χ4n) is 2.71. The minimum Gasteiger partial charge on any atom is -0.497 e. The number of methoxy groups -OCH3 is 1. The van der Waals surface area contributed by atoms with Crippen molar-refractivity contribution in [3.63, 3.8) is 0 Å². The van der Waals surface area contributed by atoms with E-state index in [-0.39, 0.29) is 13.0 Å². The lowest BCUT2D eigenvalue weighted by molar-refractivity contribution is -0.147. The average Bonchev–Trinajstić information content (AvgIpc) is 2.75. The molecule has 0 aromatic heterocycles. The zero-order valence-corrected chi connectivity index (χ0v) is 18.4. The number of ether oxygens (including phenoxy) is 2. The van der Waals surface area contributed by atoms with Gasteiger partial charge >= 0.3 is 12.0 Å². The van der Waals surface area contributed by atoms with Crippen LogP contribution < -0.4 is 20.7 Å². The van der Waals surface area contributed by atoms with Gasteiger partial charge in [-0.05, 0) is 55.8 Å². The highest BCUT2D eigenvalue weighted by Crippen LogP contribution is 2.15. The highest BCUT2D eigenvalue weighted by molar-refractivity contribution is 6.30. The van der Waals surface area contributed by atoms with E-state index < -0.39 is 30.0 Å². The second-order valence-electron chi connectivity index (χ2n) is 6.69. The van der Waals surface area contributed by atoms with E-state index in [0.29, 0.717) is 16.5 Å². The van der Waals surface area contributed by atoms with Crippen molar-refractivity contribution in [2.75, 3.05) is 19.0 Å². The molecule has 0 aliphatic heterocycles. The fraction of sp³-hybridized carbons (Fsp3) is 0.318. The van der Waals surface area contributed by atoms with Crippen molar-refractivity contribution in [3.8, 4) is 5.75 Å². The van der Waals surface area contributed by atoms with E-state index in [1.165, 1.54) is 6.92 Å². The van der Waals surface area contributed by atoms with Crippen molar-refractivity contribution < 1.29 is 23.9 Å².